The van der Waals surface area contributed by atoms with Gasteiger partial charge in [-0.1, -0.05) is 30.3 Å². The number of hydrogen-bond acceptors (Lipinski definition) is 2. The van der Waals surface area contributed by atoms with Crippen molar-refractivity contribution in [2.24, 2.45) is 0 Å². The third kappa shape index (κ3) is 2.45. The van der Waals surface area contributed by atoms with Gasteiger partial charge in [0.1, 0.15) is 6.07 Å². The van der Waals surface area contributed by atoms with E-state index < -0.39 is 0 Å². The lowest BCUT2D eigenvalue weighted by Gasteiger charge is -2.02. The first-order valence-electron chi connectivity index (χ1n) is 6.41. The first-order valence-corrected chi connectivity index (χ1v) is 6.41. The highest BCUT2D eigenvalue weighted by Crippen LogP contribution is 2.24. The van der Waals surface area contributed by atoms with Crippen LogP contribution in [0, 0.1) is 11.3 Å². The molecule has 3 rings (SSSR count). The molecule has 0 spiro atoms. The molecular formula is C17H13N3. The highest BCUT2D eigenvalue weighted by molar-refractivity contribution is 5.69. The van der Waals surface area contributed by atoms with Gasteiger partial charge in [-0.05, 0) is 23.3 Å². The molecule has 0 fully saturated rings. The molecule has 3 aromatic rings. The molecule has 0 saturated heterocycles. The van der Waals surface area contributed by atoms with E-state index in [1.807, 2.05) is 59.4 Å². The number of pyridine rings is 1. The maximum absolute atomic E-state index is 9.29. The van der Waals surface area contributed by atoms with E-state index in [0.29, 0.717) is 5.56 Å². The number of benzene rings is 1. The smallest absolute Gasteiger partial charge is 0.101 e. The zero-order valence-electron chi connectivity index (χ0n) is 10.9. The Balaban J connectivity index is 1.96. The molecule has 0 bridgehead atoms. The van der Waals surface area contributed by atoms with E-state index in [1.165, 1.54) is 5.56 Å². The van der Waals surface area contributed by atoms with Gasteiger partial charge < -0.3 is 4.57 Å². The molecule has 0 aliphatic rings. The highest BCUT2D eigenvalue weighted by Gasteiger charge is 2.08. The standard InChI is InChI=1S/C17H13N3/c18-10-16-12-20(11-14-6-8-19-9-7-14)13-17(16)15-4-2-1-3-5-15/h1-9,12-13H,11H2. The summed E-state index contributed by atoms with van der Waals surface area (Å²) in [6, 6.07) is 16.2. The van der Waals surface area contributed by atoms with Gasteiger partial charge in [-0.15, -0.1) is 0 Å². The van der Waals surface area contributed by atoms with Crippen molar-refractivity contribution in [3.63, 3.8) is 0 Å². The number of rotatable bonds is 3. The van der Waals surface area contributed by atoms with Gasteiger partial charge in [-0.2, -0.15) is 5.26 Å². The van der Waals surface area contributed by atoms with Crippen molar-refractivity contribution in [2.75, 3.05) is 0 Å². The van der Waals surface area contributed by atoms with Crippen molar-refractivity contribution in [3.8, 4) is 17.2 Å². The van der Waals surface area contributed by atoms with Crippen molar-refractivity contribution in [2.45, 2.75) is 6.54 Å². The average Bonchev–Trinajstić information content (AvgIpc) is 2.92. The molecule has 96 valence electrons. The Kier molecular flexibility index (Phi) is 3.30. The predicted molar refractivity (Wildman–Crippen MR) is 77.9 cm³/mol. The summed E-state index contributed by atoms with van der Waals surface area (Å²) in [6.45, 7) is 0.740. The first-order chi connectivity index (χ1) is 9.86. The minimum absolute atomic E-state index is 0.699. The molecule has 3 heteroatoms. The molecule has 0 N–H and O–H groups in total. The molecule has 0 saturated carbocycles. The van der Waals surface area contributed by atoms with Crippen molar-refractivity contribution < 1.29 is 0 Å². The maximum Gasteiger partial charge on any atom is 0.101 e. The summed E-state index contributed by atoms with van der Waals surface area (Å²) in [5.41, 5.74) is 3.91. The van der Waals surface area contributed by atoms with Crippen LogP contribution in [0.3, 0.4) is 0 Å². The summed E-state index contributed by atoms with van der Waals surface area (Å²) in [4.78, 5) is 4.01. The SMILES string of the molecule is N#Cc1cn(Cc2ccncc2)cc1-c1ccccc1. The van der Waals surface area contributed by atoms with E-state index in [0.717, 1.165) is 17.7 Å². The normalized spacial score (nSPS) is 10.2. The van der Waals surface area contributed by atoms with Crippen LogP contribution in [0.25, 0.3) is 11.1 Å². The van der Waals surface area contributed by atoms with Crippen LogP contribution >= 0.6 is 0 Å². The summed E-state index contributed by atoms with van der Waals surface area (Å²) in [5.74, 6) is 0. The highest BCUT2D eigenvalue weighted by atomic mass is 14.9. The third-order valence-electron chi connectivity index (χ3n) is 3.20. The van der Waals surface area contributed by atoms with Gasteiger partial charge in [-0.25, -0.2) is 0 Å². The molecule has 3 nitrogen and oxygen atoms in total. The van der Waals surface area contributed by atoms with Crippen molar-refractivity contribution in [1.29, 1.82) is 5.26 Å². The van der Waals surface area contributed by atoms with Crippen LogP contribution in [-0.4, -0.2) is 9.55 Å². The van der Waals surface area contributed by atoms with Gasteiger partial charge in [0.2, 0.25) is 0 Å². The monoisotopic (exact) mass is 259 g/mol. The topological polar surface area (TPSA) is 41.6 Å². The van der Waals surface area contributed by atoms with Gasteiger partial charge in [0.25, 0.3) is 0 Å². The Bertz CT molecular complexity index is 737. The lowest BCUT2D eigenvalue weighted by atomic mass is 10.1. The number of nitrogens with zero attached hydrogens (tertiary/aromatic N) is 3. The molecule has 0 aliphatic heterocycles. The predicted octanol–water partition coefficient (Wildman–Crippen LogP) is 3.47. The fraction of sp³-hybridized carbons (Fsp3) is 0.0588. The molecule has 2 aromatic heterocycles. The molecule has 1 aromatic carbocycles. The van der Waals surface area contributed by atoms with Gasteiger partial charge in [0.05, 0.1) is 5.56 Å². The van der Waals surface area contributed by atoms with E-state index in [2.05, 4.69) is 11.1 Å². The minimum atomic E-state index is 0.699. The van der Waals surface area contributed by atoms with E-state index >= 15 is 0 Å². The van der Waals surface area contributed by atoms with Crippen LogP contribution in [-0.2, 0) is 6.54 Å². The lowest BCUT2D eigenvalue weighted by molar-refractivity contribution is 0.804. The lowest BCUT2D eigenvalue weighted by Crippen LogP contribution is -1.95. The fourth-order valence-electron chi connectivity index (χ4n) is 2.24. The van der Waals surface area contributed by atoms with E-state index in [1.54, 1.807) is 12.4 Å². The van der Waals surface area contributed by atoms with Gasteiger partial charge in [-0.3, -0.25) is 4.98 Å². The van der Waals surface area contributed by atoms with E-state index in [9.17, 15) is 5.26 Å². The maximum atomic E-state index is 9.29. The Morgan fingerprint density at radius 2 is 1.75 bits per heavy atom. The van der Waals surface area contributed by atoms with Crippen molar-refractivity contribution >= 4 is 0 Å². The largest absolute Gasteiger partial charge is 0.348 e. The summed E-state index contributed by atoms with van der Waals surface area (Å²) >= 11 is 0. The van der Waals surface area contributed by atoms with E-state index in [4.69, 9.17) is 0 Å². The van der Waals surface area contributed by atoms with Crippen LogP contribution in [0.15, 0.2) is 67.3 Å². The van der Waals surface area contributed by atoms with Crippen LogP contribution in [0.5, 0.6) is 0 Å². The molecular weight excluding hydrogens is 246 g/mol. The number of hydrogen-bond donors (Lipinski definition) is 0. The molecule has 0 amide bonds. The van der Waals surface area contributed by atoms with Crippen LogP contribution in [0.1, 0.15) is 11.1 Å². The summed E-state index contributed by atoms with van der Waals surface area (Å²) < 4.78 is 2.04. The molecule has 2 heterocycles. The van der Waals surface area contributed by atoms with Crippen molar-refractivity contribution in [1.82, 2.24) is 9.55 Å². The second-order valence-corrected chi connectivity index (χ2v) is 4.59. The molecule has 0 unspecified atom stereocenters. The quantitative estimate of drug-likeness (QED) is 0.722. The van der Waals surface area contributed by atoms with Gasteiger partial charge in [0, 0.05) is 36.9 Å². The molecule has 0 aliphatic carbocycles. The Labute approximate surface area is 117 Å². The minimum Gasteiger partial charge on any atom is -0.348 e. The van der Waals surface area contributed by atoms with Crippen LogP contribution in [0.4, 0.5) is 0 Å². The van der Waals surface area contributed by atoms with Crippen molar-refractivity contribution in [3.05, 3.63) is 78.4 Å². The zero-order chi connectivity index (χ0) is 13.8. The summed E-state index contributed by atoms with van der Waals surface area (Å²) in [6.07, 6.45) is 7.47. The van der Waals surface area contributed by atoms with Gasteiger partial charge in [0.15, 0.2) is 0 Å². The average molecular weight is 259 g/mol. The van der Waals surface area contributed by atoms with Crippen LogP contribution < -0.4 is 0 Å². The molecule has 20 heavy (non-hydrogen) atoms. The third-order valence-corrected chi connectivity index (χ3v) is 3.20. The fourth-order valence-corrected chi connectivity index (χ4v) is 2.24. The molecule has 0 atom stereocenters. The van der Waals surface area contributed by atoms with Gasteiger partial charge >= 0.3 is 0 Å². The summed E-state index contributed by atoms with van der Waals surface area (Å²) in [5, 5.41) is 9.29. The zero-order valence-corrected chi connectivity index (χ0v) is 10.9. The molecule has 0 radical (unpaired) electrons. The Hall–Kier alpha value is -2.86. The second kappa shape index (κ2) is 5.41. The Morgan fingerprint density at radius 1 is 1.00 bits per heavy atom. The van der Waals surface area contributed by atoms with E-state index in [-0.39, 0.29) is 0 Å². The second-order valence-electron chi connectivity index (χ2n) is 4.59. The summed E-state index contributed by atoms with van der Waals surface area (Å²) in [7, 11) is 0. The number of nitriles is 1. The van der Waals surface area contributed by atoms with Crippen LogP contribution in [0.2, 0.25) is 0 Å². The first kappa shape index (κ1) is 12.2. The Morgan fingerprint density at radius 3 is 2.45 bits per heavy atom. The number of aromatic nitrogens is 2.